The van der Waals surface area contributed by atoms with Gasteiger partial charge in [-0.1, -0.05) is 18.2 Å². The van der Waals surface area contributed by atoms with Crippen LogP contribution in [0.1, 0.15) is 39.4 Å². The van der Waals surface area contributed by atoms with E-state index in [0.29, 0.717) is 24.6 Å². The lowest BCUT2D eigenvalue weighted by atomic mass is 10.00. The Labute approximate surface area is 194 Å². The molecular formula is C23H21ClN6O3. The summed E-state index contributed by atoms with van der Waals surface area (Å²) in [6.07, 6.45) is 5.60. The van der Waals surface area contributed by atoms with Crippen LogP contribution in [0.3, 0.4) is 0 Å². The number of benzene rings is 1. The van der Waals surface area contributed by atoms with Crippen molar-refractivity contribution in [2.24, 2.45) is 7.05 Å². The van der Waals surface area contributed by atoms with Crippen LogP contribution in [-0.4, -0.2) is 42.1 Å². The lowest BCUT2D eigenvalue weighted by Crippen LogP contribution is -2.40. The third-order valence-corrected chi connectivity index (χ3v) is 5.86. The normalized spacial score (nSPS) is 15.5. The molecule has 1 aliphatic rings. The standard InChI is InChI=1S/C23H20N6O3.ClH/c1-13-15(11-28(2)27-13)22-24-10-19(32-22)23(30)29-8-7-16-20(26-12-25-16)21(29)18-9-14-5-3-4-6-17(14)31-18;/h3-6,9-12,21H,7-8H2,1-2H3,(H,25,26);1H/t21-;/m1./s1. The van der Waals surface area contributed by atoms with Crippen LogP contribution in [0.5, 0.6) is 0 Å². The number of fused-ring (bicyclic) bond motifs is 2. The van der Waals surface area contributed by atoms with Crippen LogP contribution in [0.15, 0.2) is 57.9 Å². The van der Waals surface area contributed by atoms with Gasteiger partial charge in [-0.3, -0.25) is 9.48 Å². The van der Waals surface area contributed by atoms with Crippen molar-refractivity contribution < 1.29 is 13.6 Å². The number of halogens is 1. The Kier molecular flexibility index (Phi) is 5.05. The van der Waals surface area contributed by atoms with E-state index in [1.807, 2.05) is 50.5 Å². The van der Waals surface area contributed by atoms with Crippen LogP contribution >= 0.6 is 12.4 Å². The van der Waals surface area contributed by atoms with Crippen LogP contribution in [0, 0.1) is 6.92 Å². The first-order valence-electron chi connectivity index (χ1n) is 10.4. The molecule has 5 heterocycles. The van der Waals surface area contributed by atoms with Gasteiger partial charge in [0.15, 0.2) is 0 Å². The molecule has 1 aliphatic heterocycles. The number of carbonyl (C=O) groups is 1. The zero-order valence-corrected chi connectivity index (χ0v) is 18.8. The summed E-state index contributed by atoms with van der Waals surface area (Å²) < 4.78 is 13.7. The first kappa shape index (κ1) is 21.0. The molecular weight excluding hydrogens is 444 g/mol. The molecule has 10 heteroatoms. The Morgan fingerprint density at radius 3 is 2.85 bits per heavy atom. The maximum atomic E-state index is 13.6. The van der Waals surface area contributed by atoms with Gasteiger partial charge in [-0.25, -0.2) is 9.97 Å². The van der Waals surface area contributed by atoms with E-state index in [0.717, 1.165) is 33.6 Å². The smallest absolute Gasteiger partial charge is 0.292 e. The van der Waals surface area contributed by atoms with Crippen LogP contribution in [0.2, 0.25) is 0 Å². The second-order valence-corrected chi connectivity index (χ2v) is 7.93. The predicted octanol–water partition coefficient (Wildman–Crippen LogP) is 4.06. The van der Waals surface area contributed by atoms with E-state index in [2.05, 4.69) is 20.1 Å². The van der Waals surface area contributed by atoms with Gasteiger partial charge >= 0.3 is 0 Å². The van der Waals surface area contributed by atoms with Crippen LogP contribution in [0.4, 0.5) is 0 Å². The van der Waals surface area contributed by atoms with Crippen LogP contribution in [-0.2, 0) is 13.5 Å². The number of aromatic amines is 1. The Morgan fingerprint density at radius 1 is 1.21 bits per heavy atom. The van der Waals surface area contributed by atoms with Crippen molar-refractivity contribution in [2.75, 3.05) is 6.54 Å². The first-order valence-corrected chi connectivity index (χ1v) is 10.4. The number of amides is 1. The molecule has 9 nitrogen and oxygen atoms in total. The second-order valence-electron chi connectivity index (χ2n) is 7.93. The maximum absolute atomic E-state index is 13.6. The molecule has 5 aromatic rings. The lowest BCUT2D eigenvalue weighted by Gasteiger charge is -2.33. The molecule has 1 N–H and O–H groups in total. The highest BCUT2D eigenvalue weighted by molar-refractivity contribution is 5.92. The summed E-state index contributed by atoms with van der Waals surface area (Å²) in [5.74, 6) is 0.967. The lowest BCUT2D eigenvalue weighted by molar-refractivity contribution is 0.0641. The van der Waals surface area contributed by atoms with Gasteiger partial charge in [-0.2, -0.15) is 5.10 Å². The van der Waals surface area contributed by atoms with Crippen molar-refractivity contribution in [3.8, 4) is 11.5 Å². The van der Waals surface area contributed by atoms with Crippen molar-refractivity contribution in [3.05, 3.63) is 77.7 Å². The van der Waals surface area contributed by atoms with Gasteiger partial charge in [0.1, 0.15) is 17.4 Å². The third kappa shape index (κ3) is 3.41. The summed E-state index contributed by atoms with van der Waals surface area (Å²) in [6, 6.07) is 9.34. The minimum absolute atomic E-state index is 0. The minimum Gasteiger partial charge on any atom is -0.458 e. The fourth-order valence-electron chi connectivity index (χ4n) is 4.38. The number of para-hydroxylation sites is 1. The van der Waals surface area contributed by atoms with E-state index in [9.17, 15) is 4.79 Å². The van der Waals surface area contributed by atoms with Crippen molar-refractivity contribution >= 4 is 29.3 Å². The molecule has 0 bridgehead atoms. The molecule has 33 heavy (non-hydrogen) atoms. The Morgan fingerprint density at radius 2 is 2.06 bits per heavy atom. The van der Waals surface area contributed by atoms with Gasteiger partial charge in [0.25, 0.3) is 5.91 Å². The average molecular weight is 465 g/mol. The molecule has 0 saturated heterocycles. The number of aryl methyl sites for hydroxylation is 2. The van der Waals surface area contributed by atoms with E-state index in [1.165, 1.54) is 6.20 Å². The molecule has 1 amide bonds. The van der Waals surface area contributed by atoms with Crippen LogP contribution in [0.25, 0.3) is 22.4 Å². The number of hydrogen-bond acceptors (Lipinski definition) is 6. The van der Waals surface area contributed by atoms with Gasteiger partial charge in [0, 0.05) is 31.6 Å². The number of H-pyrrole nitrogens is 1. The van der Waals surface area contributed by atoms with Gasteiger partial charge in [0.2, 0.25) is 11.7 Å². The van der Waals surface area contributed by atoms with Gasteiger partial charge in [-0.15, -0.1) is 12.4 Å². The molecule has 0 radical (unpaired) electrons. The Bertz CT molecular complexity index is 1430. The fraction of sp³-hybridized carbons (Fsp3) is 0.217. The number of oxazole rings is 1. The molecule has 168 valence electrons. The maximum Gasteiger partial charge on any atom is 0.292 e. The van der Waals surface area contributed by atoms with Crippen molar-refractivity contribution in [1.29, 1.82) is 0 Å². The quantitative estimate of drug-likeness (QED) is 0.431. The Hall–Kier alpha value is -3.85. The number of carbonyl (C=O) groups excluding carboxylic acids is 1. The summed E-state index contributed by atoms with van der Waals surface area (Å²) in [7, 11) is 1.83. The summed E-state index contributed by atoms with van der Waals surface area (Å²) in [4.78, 5) is 27.3. The van der Waals surface area contributed by atoms with Crippen molar-refractivity contribution in [2.45, 2.75) is 19.4 Å². The second kappa shape index (κ2) is 7.93. The molecule has 0 spiro atoms. The van der Waals surface area contributed by atoms with E-state index in [1.54, 1.807) is 15.9 Å². The third-order valence-electron chi connectivity index (χ3n) is 5.86. The minimum atomic E-state index is -0.435. The SMILES string of the molecule is Cc1nn(C)cc1-c1ncc(C(=O)N2CCc3nc[nH]c3[C@H]2c2cc3ccccc3o2)o1.Cl. The fourth-order valence-corrected chi connectivity index (χ4v) is 4.38. The molecule has 4 aromatic heterocycles. The summed E-state index contributed by atoms with van der Waals surface area (Å²) >= 11 is 0. The summed E-state index contributed by atoms with van der Waals surface area (Å²) in [5.41, 5.74) is 4.11. The summed E-state index contributed by atoms with van der Waals surface area (Å²) in [5, 5.41) is 5.30. The zero-order chi connectivity index (χ0) is 21.8. The highest BCUT2D eigenvalue weighted by Crippen LogP contribution is 2.37. The van der Waals surface area contributed by atoms with Crippen LogP contribution < -0.4 is 0 Å². The topological polar surface area (TPSA) is 106 Å². The van der Waals surface area contributed by atoms with Gasteiger partial charge in [-0.05, 0) is 19.1 Å². The molecule has 1 atom stereocenters. The van der Waals surface area contributed by atoms with Crippen molar-refractivity contribution in [1.82, 2.24) is 29.6 Å². The monoisotopic (exact) mass is 464 g/mol. The molecule has 0 saturated carbocycles. The first-order chi connectivity index (χ1) is 15.6. The average Bonchev–Trinajstić information content (AvgIpc) is 3.57. The van der Waals surface area contributed by atoms with E-state index in [-0.39, 0.29) is 24.1 Å². The highest BCUT2D eigenvalue weighted by Gasteiger charge is 2.37. The highest BCUT2D eigenvalue weighted by atomic mass is 35.5. The number of furan rings is 1. The molecule has 1 aromatic carbocycles. The van der Waals surface area contributed by atoms with Gasteiger partial charge in [0.05, 0.1) is 35.2 Å². The van der Waals surface area contributed by atoms with Crippen molar-refractivity contribution in [3.63, 3.8) is 0 Å². The number of hydrogen-bond donors (Lipinski definition) is 1. The summed E-state index contributed by atoms with van der Waals surface area (Å²) in [6.45, 7) is 2.36. The zero-order valence-electron chi connectivity index (χ0n) is 18.0. The number of rotatable bonds is 3. The molecule has 0 unspecified atom stereocenters. The molecule has 0 fully saturated rings. The van der Waals surface area contributed by atoms with E-state index in [4.69, 9.17) is 8.83 Å². The largest absolute Gasteiger partial charge is 0.458 e. The molecule has 6 rings (SSSR count). The number of imidazole rings is 1. The number of nitrogens with one attached hydrogen (secondary N) is 1. The number of nitrogens with zero attached hydrogens (tertiary/aromatic N) is 5. The Balaban J connectivity index is 0.00000228. The van der Waals surface area contributed by atoms with E-state index >= 15 is 0 Å². The number of aromatic nitrogens is 5. The predicted molar refractivity (Wildman–Crippen MR) is 122 cm³/mol. The van der Waals surface area contributed by atoms with Gasteiger partial charge < -0.3 is 18.7 Å². The van der Waals surface area contributed by atoms with E-state index < -0.39 is 6.04 Å². The molecule has 0 aliphatic carbocycles.